The molecule has 0 amide bonds. The first kappa shape index (κ1) is 13.1. The zero-order chi connectivity index (χ0) is 13.1. The van der Waals surface area contributed by atoms with E-state index in [1.54, 1.807) is 24.3 Å². The topological polar surface area (TPSA) is 35.8 Å². The third kappa shape index (κ3) is 2.89. The number of halogens is 3. The normalized spacial score (nSPS) is 9.89. The molecule has 2 aromatic carbocycles. The summed E-state index contributed by atoms with van der Waals surface area (Å²) in [5.41, 5.74) is 2.14. The van der Waals surface area contributed by atoms with E-state index in [0.717, 1.165) is 11.4 Å². The van der Waals surface area contributed by atoms with Crippen molar-refractivity contribution in [2.45, 2.75) is 0 Å². The Morgan fingerprint density at radius 2 is 1.83 bits per heavy atom. The average Bonchev–Trinajstić information content (AvgIpc) is 2.33. The van der Waals surface area contributed by atoms with Crippen LogP contribution in [0, 0.1) is 17.1 Å². The van der Waals surface area contributed by atoms with Crippen LogP contribution in [0.3, 0.4) is 0 Å². The number of hydrogen-bond acceptors (Lipinski definition) is 2. The number of nitrogens with zero attached hydrogens (tertiary/aromatic N) is 1. The van der Waals surface area contributed by atoms with Gasteiger partial charge in [-0.15, -0.1) is 0 Å². The van der Waals surface area contributed by atoms with E-state index in [1.165, 1.54) is 12.1 Å². The summed E-state index contributed by atoms with van der Waals surface area (Å²) >= 11 is 6.60. The molecule has 0 saturated carbocycles. The van der Waals surface area contributed by atoms with Gasteiger partial charge in [-0.3, -0.25) is 0 Å². The molecular formula is C13H7Br2FN2. The lowest BCUT2D eigenvalue weighted by atomic mass is 10.2. The Kier molecular flexibility index (Phi) is 4.00. The van der Waals surface area contributed by atoms with E-state index in [4.69, 9.17) is 5.26 Å². The highest BCUT2D eigenvalue weighted by atomic mass is 79.9. The summed E-state index contributed by atoms with van der Waals surface area (Å²) in [7, 11) is 0. The molecule has 1 N–H and O–H groups in total. The SMILES string of the molecule is N#Cc1ccc(Nc2ccc(F)cc2Br)cc1Br. The van der Waals surface area contributed by atoms with Crippen LogP contribution in [-0.4, -0.2) is 0 Å². The molecule has 0 aliphatic carbocycles. The monoisotopic (exact) mass is 368 g/mol. The maximum atomic E-state index is 12.9. The van der Waals surface area contributed by atoms with Gasteiger partial charge in [0.05, 0.1) is 11.3 Å². The maximum absolute atomic E-state index is 12.9. The van der Waals surface area contributed by atoms with Crippen molar-refractivity contribution in [2.75, 3.05) is 5.32 Å². The van der Waals surface area contributed by atoms with Crippen molar-refractivity contribution in [3.8, 4) is 6.07 Å². The Morgan fingerprint density at radius 1 is 1.06 bits per heavy atom. The second-order valence-electron chi connectivity index (χ2n) is 3.56. The number of nitriles is 1. The predicted octanol–water partition coefficient (Wildman–Crippen LogP) is 4.97. The second-order valence-corrected chi connectivity index (χ2v) is 5.26. The molecule has 0 heterocycles. The van der Waals surface area contributed by atoms with Crippen LogP contribution < -0.4 is 5.32 Å². The number of nitrogens with one attached hydrogen (secondary N) is 1. The average molecular weight is 370 g/mol. The Hall–Kier alpha value is -1.38. The van der Waals surface area contributed by atoms with Gasteiger partial charge in [-0.2, -0.15) is 5.26 Å². The van der Waals surface area contributed by atoms with Gasteiger partial charge in [0.1, 0.15) is 11.9 Å². The fourth-order valence-corrected chi connectivity index (χ4v) is 2.35. The number of anilines is 2. The molecule has 0 aliphatic heterocycles. The fourth-order valence-electron chi connectivity index (χ4n) is 1.43. The van der Waals surface area contributed by atoms with Crippen molar-refractivity contribution in [3.63, 3.8) is 0 Å². The molecule has 0 fully saturated rings. The van der Waals surface area contributed by atoms with Crippen LogP contribution in [-0.2, 0) is 0 Å². The zero-order valence-electron chi connectivity index (χ0n) is 9.05. The van der Waals surface area contributed by atoms with Gasteiger partial charge < -0.3 is 5.32 Å². The molecule has 2 aromatic rings. The van der Waals surface area contributed by atoms with Gasteiger partial charge in [-0.25, -0.2) is 4.39 Å². The van der Waals surface area contributed by atoms with Crippen molar-refractivity contribution in [1.82, 2.24) is 0 Å². The third-order valence-corrected chi connectivity index (χ3v) is 3.61. The van der Waals surface area contributed by atoms with Crippen LogP contribution in [0.2, 0.25) is 0 Å². The van der Waals surface area contributed by atoms with Crippen LogP contribution in [0.5, 0.6) is 0 Å². The molecule has 0 unspecified atom stereocenters. The van der Waals surface area contributed by atoms with Crippen molar-refractivity contribution in [3.05, 3.63) is 56.7 Å². The van der Waals surface area contributed by atoms with Crippen LogP contribution in [0.4, 0.5) is 15.8 Å². The lowest BCUT2D eigenvalue weighted by molar-refractivity contribution is 0.627. The molecule has 0 spiro atoms. The molecule has 0 bridgehead atoms. The van der Waals surface area contributed by atoms with Gasteiger partial charge in [-0.05, 0) is 68.3 Å². The van der Waals surface area contributed by atoms with Gasteiger partial charge in [0.25, 0.3) is 0 Å². The van der Waals surface area contributed by atoms with Gasteiger partial charge >= 0.3 is 0 Å². The van der Waals surface area contributed by atoms with Crippen molar-refractivity contribution in [2.24, 2.45) is 0 Å². The summed E-state index contributed by atoms with van der Waals surface area (Å²) in [4.78, 5) is 0. The van der Waals surface area contributed by atoms with E-state index >= 15 is 0 Å². The lowest BCUT2D eigenvalue weighted by Crippen LogP contribution is -1.92. The lowest BCUT2D eigenvalue weighted by Gasteiger charge is -2.09. The van der Waals surface area contributed by atoms with E-state index in [-0.39, 0.29) is 5.82 Å². The Labute approximate surface area is 121 Å². The van der Waals surface area contributed by atoms with E-state index in [9.17, 15) is 4.39 Å². The van der Waals surface area contributed by atoms with Gasteiger partial charge in [0.15, 0.2) is 0 Å². The van der Waals surface area contributed by atoms with Crippen LogP contribution >= 0.6 is 31.9 Å². The number of benzene rings is 2. The largest absolute Gasteiger partial charge is 0.355 e. The third-order valence-electron chi connectivity index (χ3n) is 2.30. The number of hydrogen-bond donors (Lipinski definition) is 1. The molecule has 18 heavy (non-hydrogen) atoms. The highest BCUT2D eigenvalue weighted by Crippen LogP contribution is 2.28. The zero-order valence-corrected chi connectivity index (χ0v) is 12.2. The van der Waals surface area contributed by atoms with Crippen LogP contribution in [0.15, 0.2) is 45.3 Å². The quantitative estimate of drug-likeness (QED) is 0.811. The minimum atomic E-state index is -0.298. The molecule has 0 saturated heterocycles. The maximum Gasteiger partial charge on any atom is 0.124 e. The van der Waals surface area contributed by atoms with Crippen LogP contribution in [0.25, 0.3) is 0 Å². The molecule has 0 radical (unpaired) electrons. The van der Waals surface area contributed by atoms with Crippen molar-refractivity contribution >= 4 is 43.2 Å². The smallest absolute Gasteiger partial charge is 0.124 e. The summed E-state index contributed by atoms with van der Waals surface area (Å²) in [6.45, 7) is 0. The van der Waals surface area contributed by atoms with Gasteiger partial charge in [0, 0.05) is 14.6 Å². The Balaban J connectivity index is 2.29. The first-order valence-corrected chi connectivity index (χ1v) is 6.60. The molecule has 0 atom stereocenters. The first-order chi connectivity index (χ1) is 8.60. The van der Waals surface area contributed by atoms with Crippen molar-refractivity contribution < 1.29 is 4.39 Å². The molecular weight excluding hydrogens is 363 g/mol. The van der Waals surface area contributed by atoms with E-state index in [0.29, 0.717) is 14.5 Å². The van der Waals surface area contributed by atoms with Gasteiger partial charge in [-0.1, -0.05) is 0 Å². The first-order valence-electron chi connectivity index (χ1n) is 5.02. The molecule has 0 aromatic heterocycles. The predicted molar refractivity (Wildman–Crippen MR) is 76.2 cm³/mol. The summed E-state index contributed by atoms with van der Waals surface area (Å²) in [5, 5.41) is 12.0. The minimum absolute atomic E-state index is 0.298. The summed E-state index contributed by atoms with van der Waals surface area (Å²) in [6, 6.07) is 11.8. The fraction of sp³-hybridized carbons (Fsp3) is 0. The molecule has 90 valence electrons. The highest BCUT2D eigenvalue weighted by molar-refractivity contribution is 9.11. The van der Waals surface area contributed by atoms with E-state index in [2.05, 4.69) is 43.2 Å². The van der Waals surface area contributed by atoms with Crippen LogP contribution in [0.1, 0.15) is 5.56 Å². The standard InChI is InChI=1S/C13H7Br2FN2/c14-11-6-10(3-1-8(11)7-17)18-13-4-2-9(16)5-12(13)15/h1-6,18H. The molecule has 2 rings (SSSR count). The molecule has 0 aliphatic rings. The number of rotatable bonds is 2. The molecule has 5 heteroatoms. The van der Waals surface area contributed by atoms with Gasteiger partial charge in [0.2, 0.25) is 0 Å². The summed E-state index contributed by atoms with van der Waals surface area (Å²) < 4.78 is 14.3. The van der Waals surface area contributed by atoms with E-state index in [1.807, 2.05) is 0 Å². The Bertz CT molecular complexity index is 635. The Morgan fingerprint density at radius 3 is 2.44 bits per heavy atom. The molecule has 2 nitrogen and oxygen atoms in total. The van der Waals surface area contributed by atoms with Crippen molar-refractivity contribution in [1.29, 1.82) is 5.26 Å². The highest BCUT2D eigenvalue weighted by Gasteiger charge is 2.04. The second kappa shape index (κ2) is 5.51. The van der Waals surface area contributed by atoms with E-state index < -0.39 is 0 Å². The summed E-state index contributed by atoms with van der Waals surface area (Å²) in [6.07, 6.45) is 0. The minimum Gasteiger partial charge on any atom is -0.355 e. The summed E-state index contributed by atoms with van der Waals surface area (Å²) in [5.74, 6) is -0.298.